The topological polar surface area (TPSA) is 109 Å². The molecule has 2 N–H and O–H groups in total. The number of carbonyl (C=O) groups excluding carboxylic acids is 1. The lowest BCUT2D eigenvalue weighted by Crippen LogP contribution is -2.16. The maximum Gasteiger partial charge on any atom is 0.410 e. The van der Waals surface area contributed by atoms with Gasteiger partial charge in [-0.05, 0) is 37.3 Å². The van der Waals surface area contributed by atoms with Crippen molar-refractivity contribution in [2.24, 2.45) is 5.73 Å². The van der Waals surface area contributed by atoms with Crippen molar-refractivity contribution in [3.63, 3.8) is 0 Å². The molecule has 1 atom stereocenters. The molecule has 0 aliphatic rings. The van der Waals surface area contributed by atoms with Gasteiger partial charge in [0.2, 0.25) is 0 Å². The SMILES string of the molecule is CC(c1c(F)cc2ncccc2c1F)n1cnc2ncc(-c3ccc(OC(N)=O)c(F)c3)nc21. The zero-order chi connectivity index (χ0) is 24.0. The monoisotopic (exact) mass is 464 g/mol. The normalized spacial score (nSPS) is 12.2. The lowest BCUT2D eigenvalue weighted by atomic mass is 10.0. The summed E-state index contributed by atoms with van der Waals surface area (Å²) in [5.41, 5.74) is 6.04. The van der Waals surface area contributed by atoms with Crippen LogP contribution in [-0.2, 0) is 0 Å². The van der Waals surface area contributed by atoms with Crippen molar-refractivity contribution in [3.05, 3.63) is 78.1 Å². The Hall–Kier alpha value is -4.54. The van der Waals surface area contributed by atoms with Gasteiger partial charge in [0.25, 0.3) is 0 Å². The number of halogens is 3. The smallest absolute Gasteiger partial charge is 0.407 e. The Labute approximate surface area is 189 Å². The van der Waals surface area contributed by atoms with E-state index in [-0.39, 0.29) is 39.2 Å². The van der Waals surface area contributed by atoms with E-state index in [4.69, 9.17) is 5.73 Å². The third-order valence-corrected chi connectivity index (χ3v) is 5.39. The number of benzene rings is 2. The second-order valence-corrected chi connectivity index (χ2v) is 7.45. The van der Waals surface area contributed by atoms with Crippen LogP contribution in [0.4, 0.5) is 18.0 Å². The summed E-state index contributed by atoms with van der Waals surface area (Å²) < 4.78 is 50.5. The van der Waals surface area contributed by atoms with Crippen LogP contribution in [0.5, 0.6) is 5.75 Å². The molecule has 0 aliphatic heterocycles. The van der Waals surface area contributed by atoms with Gasteiger partial charge in [0.15, 0.2) is 22.9 Å². The fraction of sp³-hybridized carbons (Fsp3) is 0.0870. The summed E-state index contributed by atoms with van der Waals surface area (Å²) in [4.78, 5) is 27.8. The van der Waals surface area contributed by atoms with Crippen molar-refractivity contribution < 1.29 is 22.7 Å². The molecule has 11 heteroatoms. The van der Waals surface area contributed by atoms with Crippen molar-refractivity contribution in [2.75, 3.05) is 0 Å². The summed E-state index contributed by atoms with van der Waals surface area (Å²) in [7, 11) is 0. The molecule has 34 heavy (non-hydrogen) atoms. The number of aromatic nitrogens is 5. The van der Waals surface area contributed by atoms with Crippen molar-refractivity contribution in [3.8, 4) is 17.0 Å². The molecule has 0 spiro atoms. The maximum absolute atomic E-state index is 15.3. The number of rotatable bonds is 4. The number of primary amides is 1. The summed E-state index contributed by atoms with van der Waals surface area (Å²) in [5.74, 6) is -2.64. The van der Waals surface area contributed by atoms with Crippen LogP contribution in [0.3, 0.4) is 0 Å². The van der Waals surface area contributed by atoms with Crippen LogP contribution >= 0.6 is 0 Å². The predicted molar refractivity (Wildman–Crippen MR) is 116 cm³/mol. The molecule has 0 saturated carbocycles. The number of ether oxygens (including phenoxy) is 1. The molecule has 170 valence electrons. The van der Waals surface area contributed by atoms with E-state index >= 15 is 4.39 Å². The van der Waals surface area contributed by atoms with Crippen molar-refractivity contribution in [1.82, 2.24) is 24.5 Å². The molecular formula is C23H15F3N6O2. The minimum Gasteiger partial charge on any atom is -0.407 e. The third kappa shape index (κ3) is 3.56. The molecule has 0 radical (unpaired) electrons. The van der Waals surface area contributed by atoms with Gasteiger partial charge in [-0.3, -0.25) is 4.98 Å². The number of hydrogen-bond donors (Lipinski definition) is 1. The average Bonchev–Trinajstić information content (AvgIpc) is 3.23. The van der Waals surface area contributed by atoms with Gasteiger partial charge in [0.1, 0.15) is 11.6 Å². The number of imidazole rings is 1. The first-order valence-corrected chi connectivity index (χ1v) is 10.0. The summed E-state index contributed by atoms with van der Waals surface area (Å²) >= 11 is 0. The number of fused-ring (bicyclic) bond motifs is 2. The molecule has 3 heterocycles. The molecule has 1 unspecified atom stereocenters. The maximum atomic E-state index is 15.3. The van der Waals surface area contributed by atoms with E-state index in [9.17, 15) is 13.6 Å². The standard InChI is InChI=1S/C23H15F3N6O2/c1-11(19-15(25)8-16-13(20(19)26)3-2-6-28-16)32-10-30-21-22(32)31-17(9-29-21)12-4-5-18(14(24)7-12)34-23(27)33/h2-11H,1H3,(H2,27,33). The number of hydrogen-bond acceptors (Lipinski definition) is 6. The zero-order valence-electron chi connectivity index (χ0n) is 17.5. The largest absolute Gasteiger partial charge is 0.410 e. The Morgan fingerprint density at radius 1 is 1.09 bits per heavy atom. The predicted octanol–water partition coefficient (Wildman–Crippen LogP) is 4.53. The van der Waals surface area contributed by atoms with Crippen LogP contribution in [0.25, 0.3) is 33.5 Å². The van der Waals surface area contributed by atoms with Crippen molar-refractivity contribution in [2.45, 2.75) is 13.0 Å². The molecule has 8 nitrogen and oxygen atoms in total. The number of pyridine rings is 1. The van der Waals surface area contributed by atoms with Gasteiger partial charge >= 0.3 is 6.09 Å². The highest BCUT2D eigenvalue weighted by atomic mass is 19.1. The van der Waals surface area contributed by atoms with E-state index in [2.05, 4.69) is 24.7 Å². The summed E-state index contributed by atoms with van der Waals surface area (Å²) in [6.45, 7) is 1.61. The van der Waals surface area contributed by atoms with E-state index in [1.54, 1.807) is 13.0 Å². The third-order valence-electron chi connectivity index (χ3n) is 5.39. The summed E-state index contributed by atoms with van der Waals surface area (Å²) in [5, 5.41) is 0.190. The second kappa shape index (κ2) is 8.10. The quantitative estimate of drug-likeness (QED) is 0.419. The van der Waals surface area contributed by atoms with Gasteiger partial charge in [-0.2, -0.15) is 0 Å². The lowest BCUT2D eigenvalue weighted by Gasteiger charge is -2.17. The van der Waals surface area contributed by atoms with E-state index in [0.717, 1.165) is 6.07 Å². The average molecular weight is 464 g/mol. The van der Waals surface area contributed by atoms with Crippen LogP contribution in [0.2, 0.25) is 0 Å². The highest BCUT2D eigenvalue weighted by Gasteiger charge is 2.23. The molecule has 3 aromatic heterocycles. The van der Waals surface area contributed by atoms with Gasteiger partial charge in [-0.1, -0.05) is 0 Å². The molecule has 0 bridgehead atoms. The van der Waals surface area contributed by atoms with Gasteiger partial charge in [0, 0.05) is 28.8 Å². The molecule has 5 rings (SSSR count). The van der Waals surface area contributed by atoms with Gasteiger partial charge in [-0.25, -0.2) is 32.9 Å². The van der Waals surface area contributed by atoms with Crippen LogP contribution in [0.1, 0.15) is 18.5 Å². The van der Waals surface area contributed by atoms with Gasteiger partial charge < -0.3 is 15.0 Å². The number of carbonyl (C=O) groups is 1. The highest BCUT2D eigenvalue weighted by molar-refractivity contribution is 5.80. The lowest BCUT2D eigenvalue weighted by molar-refractivity contribution is 0.208. The molecule has 5 aromatic rings. The highest BCUT2D eigenvalue weighted by Crippen LogP contribution is 2.31. The van der Waals surface area contributed by atoms with E-state index in [1.807, 2.05) is 0 Å². The van der Waals surface area contributed by atoms with Gasteiger partial charge in [0.05, 0.1) is 29.8 Å². The number of nitrogens with two attached hydrogens (primary N) is 1. The first-order valence-electron chi connectivity index (χ1n) is 10.0. The Balaban J connectivity index is 1.59. The minimum absolute atomic E-state index is 0.175. The fourth-order valence-electron chi connectivity index (χ4n) is 3.77. The fourth-order valence-corrected chi connectivity index (χ4v) is 3.77. The van der Waals surface area contributed by atoms with E-state index in [0.29, 0.717) is 5.56 Å². The number of amides is 1. The molecule has 0 fully saturated rings. The second-order valence-electron chi connectivity index (χ2n) is 7.45. The Morgan fingerprint density at radius 2 is 1.91 bits per heavy atom. The molecular weight excluding hydrogens is 449 g/mol. The first-order chi connectivity index (χ1) is 16.3. The first kappa shape index (κ1) is 21.3. The molecule has 2 aromatic carbocycles. The summed E-state index contributed by atoms with van der Waals surface area (Å²) in [6, 6.07) is 7.25. The minimum atomic E-state index is -1.14. The molecule has 0 saturated heterocycles. The van der Waals surface area contributed by atoms with Crippen LogP contribution in [-0.4, -0.2) is 30.6 Å². The summed E-state index contributed by atoms with van der Waals surface area (Å²) in [6.07, 6.45) is 3.08. The Morgan fingerprint density at radius 3 is 2.68 bits per heavy atom. The van der Waals surface area contributed by atoms with E-state index < -0.39 is 29.6 Å². The molecule has 0 aliphatic carbocycles. The zero-order valence-corrected chi connectivity index (χ0v) is 17.5. The van der Waals surface area contributed by atoms with Crippen LogP contribution < -0.4 is 10.5 Å². The van der Waals surface area contributed by atoms with Crippen LogP contribution in [0, 0.1) is 17.5 Å². The van der Waals surface area contributed by atoms with Crippen LogP contribution in [0.15, 0.2) is 55.1 Å². The molecule has 1 amide bonds. The van der Waals surface area contributed by atoms with Crippen molar-refractivity contribution >= 4 is 28.3 Å². The Bertz CT molecular complexity index is 1590. The van der Waals surface area contributed by atoms with E-state index in [1.165, 1.54) is 47.6 Å². The number of nitrogens with zero attached hydrogens (tertiary/aromatic N) is 5. The Kier molecular flexibility index (Phi) is 5.08. The van der Waals surface area contributed by atoms with Crippen molar-refractivity contribution in [1.29, 1.82) is 0 Å². The van der Waals surface area contributed by atoms with Gasteiger partial charge in [-0.15, -0.1) is 0 Å².